The van der Waals surface area contributed by atoms with Crippen molar-refractivity contribution in [1.29, 1.82) is 0 Å². The van der Waals surface area contributed by atoms with E-state index in [1.807, 2.05) is 54.6 Å². The van der Waals surface area contributed by atoms with Gasteiger partial charge in [0, 0.05) is 5.75 Å². The number of carbonyl (C=O) groups is 1. The van der Waals surface area contributed by atoms with Gasteiger partial charge in [-0.25, -0.2) is 0 Å². The fraction of sp³-hybridized carbons (Fsp3) is 0.208. The predicted molar refractivity (Wildman–Crippen MR) is 118 cm³/mol. The van der Waals surface area contributed by atoms with Crippen LogP contribution >= 0.6 is 11.8 Å². The van der Waals surface area contributed by atoms with E-state index in [9.17, 15) is 9.90 Å². The van der Waals surface area contributed by atoms with Crippen LogP contribution in [-0.4, -0.2) is 34.8 Å². The first-order valence-corrected chi connectivity index (χ1v) is 10.8. The molecule has 1 saturated heterocycles. The summed E-state index contributed by atoms with van der Waals surface area (Å²) >= 11 is 1.56. The van der Waals surface area contributed by atoms with Crippen molar-refractivity contribution in [1.82, 2.24) is 10.6 Å². The third kappa shape index (κ3) is 3.81. The molecule has 0 aromatic heterocycles. The van der Waals surface area contributed by atoms with Crippen molar-refractivity contribution in [3.8, 4) is 0 Å². The number of amides is 1. The van der Waals surface area contributed by atoms with Gasteiger partial charge in [0.2, 0.25) is 5.91 Å². The zero-order chi connectivity index (χ0) is 20.1. The van der Waals surface area contributed by atoms with E-state index in [0.717, 1.165) is 16.7 Å². The van der Waals surface area contributed by atoms with E-state index in [-0.39, 0.29) is 23.9 Å². The number of benzene rings is 3. The molecule has 29 heavy (non-hydrogen) atoms. The van der Waals surface area contributed by atoms with Crippen molar-refractivity contribution in [2.75, 3.05) is 12.4 Å². The molecule has 3 N–H and O–H groups in total. The van der Waals surface area contributed by atoms with Crippen LogP contribution in [0, 0.1) is 0 Å². The van der Waals surface area contributed by atoms with E-state index in [1.165, 1.54) is 0 Å². The second-order valence-electron chi connectivity index (χ2n) is 6.99. The zero-order valence-corrected chi connectivity index (χ0v) is 16.8. The topological polar surface area (TPSA) is 61.4 Å². The molecule has 1 aliphatic heterocycles. The number of hydrogen-bond acceptors (Lipinski definition) is 4. The quantitative estimate of drug-likeness (QED) is 0.399. The van der Waals surface area contributed by atoms with Gasteiger partial charge in [-0.2, -0.15) is 0 Å². The van der Waals surface area contributed by atoms with E-state index in [2.05, 4.69) is 47.0 Å². The lowest BCUT2D eigenvalue weighted by Gasteiger charge is -2.45. The van der Waals surface area contributed by atoms with Crippen molar-refractivity contribution in [3.63, 3.8) is 0 Å². The molecule has 0 bridgehead atoms. The van der Waals surface area contributed by atoms with Gasteiger partial charge in [0.05, 0.1) is 17.5 Å². The van der Waals surface area contributed by atoms with Gasteiger partial charge in [0.15, 0.2) is 0 Å². The number of aliphatic hydroxyl groups excluding tert-OH is 1. The summed E-state index contributed by atoms with van der Waals surface area (Å²) in [6.45, 7) is 0.0882. The zero-order valence-electron chi connectivity index (χ0n) is 16.0. The summed E-state index contributed by atoms with van der Waals surface area (Å²) in [7, 11) is 0. The smallest absolute Gasteiger partial charge is 0.241 e. The second kappa shape index (κ2) is 8.82. The van der Waals surface area contributed by atoms with Gasteiger partial charge in [0.1, 0.15) is 6.04 Å². The van der Waals surface area contributed by atoms with Gasteiger partial charge in [-0.1, -0.05) is 91.0 Å². The molecule has 5 heteroatoms. The summed E-state index contributed by atoms with van der Waals surface area (Å²) in [4.78, 5) is 12.5. The van der Waals surface area contributed by atoms with Crippen LogP contribution in [0.3, 0.4) is 0 Å². The van der Waals surface area contributed by atoms with Crippen LogP contribution in [-0.2, 0) is 10.3 Å². The Morgan fingerprint density at radius 3 is 1.66 bits per heavy atom. The lowest BCUT2D eigenvalue weighted by Crippen LogP contribution is -2.70. The van der Waals surface area contributed by atoms with Crippen LogP contribution in [0.15, 0.2) is 91.0 Å². The highest BCUT2D eigenvalue weighted by atomic mass is 32.2. The lowest BCUT2D eigenvalue weighted by molar-refractivity contribution is -0.129. The minimum atomic E-state index is -0.676. The van der Waals surface area contributed by atoms with Crippen LogP contribution in [0.4, 0.5) is 0 Å². The first-order chi connectivity index (χ1) is 14.3. The highest BCUT2D eigenvalue weighted by Gasteiger charge is 2.47. The summed E-state index contributed by atoms with van der Waals surface area (Å²) in [5.41, 5.74) is 2.54. The first kappa shape index (κ1) is 19.7. The van der Waals surface area contributed by atoms with E-state index in [4.69, 9.17) is 0 Å². The number of nitrogens with one attached hydrogen (secondary N) is 2. The molecular weight excluding hydrogens is 380 g/mol. The molecule has 2 atom stereocenters. The summed E-state index contributed by atoms with van der Waals surface area (Å²) in [5, 5.41) is 15.8. The maximum Gasteiger partial charge on any atom is 0.241 e. The summed E-state index contributed by atoms with van der Waals surface area (Å²) in [6, 6.07) is 30.4. The first-order valence-electron chi connectivity index (χ1n) is 9.73. The molecule has 0 saturated carbocycles. The van der Waals surface area contributed by atoms with Gasteiger partial charge in [-0.15, -0.1) is 11.8 Å². The van der Waals surface area contributed by atoms with Crippen LogP contribution in [0.5, 0.6) is 0 Å². The molecule has 0 spiro atoms. The highest BCUT2D eigenvalue weighted by Crippen LogP contribution is 2.38. The van der Waals surface area contributed by atoms with E-state index in [1.54, 1.807) is 11.8 Å². The van der Waals surface area contributed by atoms with Crippen molar-refractivity contribution in [2.24, 2.45) is 0 Å². The molecule has 3 aromatic carbocycles. The Morgan fingerprint density at radius 1 is 0.828 bits per heavy atom. The summed E-state index contributed by atoms with van der Waals surface area (Å²) < 4.78 is 0. The number of β-lactam (4-membered cyclic amide) rings is 1. The fourth-order valence-electron chi connectivity index (χ4n) is 3.86. The largest absolute Gasteiger partial charge is 0.396 e. The van der Waals surface area contributed by atoms with Crippen molar-refractivity contribution in [2.45, 2.75) is 17.0 Å². The van der Waals surface area contributed by atoms with Crippen molar-refractivity contribution in [3.05, 3.63) is 108 Å². The SMILES string of the molecule is O=C1N[C@@H](SCCO)[C@@H]1NC(c1ccccc1)(c1ccccc1)c1ccccc1. The van der Waals surface area contributed by atoms with Crippen LogP contribution in [0.1, 0.15) is 16.7 Å². The Kier molecular flexibility index (Phi) is 6.00. The van der Waals surface area contributed by atoms with Gasteiger partial charge >= 0.3 is 0 Å². The monoisotopic (exact) mass is 404 g/mol. The molecule has 4 nitrogen and oxygen atoms in total. The number of carbonyl (C=O) groups excluding carboxylic acids is 1. The van der Waals surface area contributed by atoms with E-state index < -0.39 is 5.54 Å². The molecule has 1 aliphatic rings. The maximum absolute atomic E-state index is 12.5. The molecule has 4 rings (SSSR count). The average molecular weight is 405 g/mol. The van der Waals surface area contributed by atoms with Gasteiger partial charge in [-0.3, -0.25) is 10.1 Å². The number of thioether (sulfide) groups is 1. The Bertz CT molecular complexity index is 838. The summed E-state index contributed by atoms with van der Waals surface area (Å²) in [6.07, 6.45) is 0. The Morgan fingerprint density at radius 2 is 1.28 bits per heavy atom. The molecule has 0 radical (unpaired) electrons. The average Bonchev–Trinajstić information content (AvgIpc) is 2.79. The molecule has 1 heterocycles. The lowest BCUT2D eigenvalue weighted by atomic mass is 9.76. The van der Waals surface area contributed by atoms with Gasteiger partial charge in [-0.05, 0) is 16.7 Å². The number of rotatable bonds is 8. The second-order valence-corrected chi connectivity index (χ2v) is 8.24. The number of aliphatic hydroxyl groups is 1. The predicted octanol–water partition coefficient (Wildman–Crippen LogP) is 3.12. The Balaban J connectivity index is 1.85. The highest BCUT2D eigenvalue weighted by molar-refractivity contribution is 8.00. The molecule has 0 unspecified atom stereocenters. The van der Waals surface area contributed by atoms with Gasteiger partial charge < -0.3 is 10.4 Å². The third-order valence-corrected chi connectivity index (χ3v) is 6.42. The van der Waals surface area contributed by atoms with E-state index in [0.29, 0.717) is 5.75 Å². The standard InChI is InChI=1S/C24H24N2O2S/c27-16-17-29-23-21(22(28)25-23)26-24(18-10-4-1-5-11-18,19-12-6-2-7-13-19)20-14-8-3-9-15-20/h1-15,21,23,26-27H,16-17H2,(H,25,28)/t21-,23+/m1/s1. The fourth-order valence-corrected chi connectivity index (χ4v) is 4.80. The molecule has 148 valence electrons. The van der Waals surface area contributed by atoms with Crippen LogP contribution < -0.4 is 10.6 Å². The van der Waals surface area contributed by atoms with Crippen molar-refractivity contribution < 1.29 is 9.90 Å². The number of hydrogen-bond donors (Lipinski definition) is 3. The molecule has 0 aliphatic carbocycles. The summed E-state index contributed by atoms with van der Waals surface area (Å²) in [5.74, 6) is 0.561. The van der Waals surface area contributed by atoms with Crippen LogP contribution in [0.2, 0.25) is 0 Å². The van der Waals surface area contributed by atoms with E-state index >= 15 is 0 Å². The molecule has 3 aromatic rings. The Labute approximate surface area is 175 Å². The maximum atomic E-state index is 12.5. The molecule has 1 amide bonds. The normalized spacial score (nSPS) is 18.7. The van der Waals surface area contributed by atoms with Crippen molar-refractivity contribution >= 4 is 17.7 Å². The third-order valence-electron chi connectivity index (χ3n) is 5.25. The molecule has 1 fully saturated rings. The Hall–Kier alpha value is -2.60. The minimum absolute atomic E-state index is 0.0207. The minimum Gasteiger partial charge on any atom is -0.396 e. The van der Waals surface area contributed by atoms with Crippen LogP contribution in [0.25, 0.3) is 0 Å². The molecular formula is C24H24N2O2S. The van der Waals surface area contributed by atoms with Gasteiger partial charge in [0.25, 0.3) is 0 Å².